The van der Waals surface area contributed by atoms with E-state index >= 15 is 4.39 Å². The van der Waals surface area contributed by atoms with Gasteiger partial charge in [0.1, 0.15) is 22.8 Å². The van der Waals surface area contributed by atoms with Crippen LogP contribution in [-0.2, 0) is 11.2 Å². The Balaban J connectivity index is 1.61. The van der Waals surface area contributed by atoms with Crippen LogP contribution in [0, 0.1) is 12.7 Å². The van der Waals surface area contributed by atoms with Crippen LogP contribution in [0.25, 0.3) is 27.7 Å². The molecule has 0 saturated carbocycles. The summed E-state index contributed by atoms with van der Waals surface area (Å²) >= 11 is 0. The van der Waals surface area contributed by atoms with Gasteiger partial charge in [-0.25, -0.2) is 14.0 Å². The fourth-order valence-corrected chi connectivity index (χ4v) is 6.42. The number of aromatic nitrogens is 3. The lowest BCUT2D eigenvalue weighted by molar-refractivity contribution is 0.0218. The van der Waals surface area contributed by atoms with Crippen molar-refractivity contribution in [3.63, 3.8) is 0 Å². The molecule has 236 valence electrons. The Morgan fingerprint density at radius 2 is 1.91 bits per heavy atom. The predicted octanol–water partition coefficient (Wildman–Crippen LogP) is 6.40. The van der Waals surface area contributed by atoms with Gasteiger partial charge in [0.2, 0.25) is 0 Å². The smallest absolute Gasteiger partial charge is 0.410 e. The number of pyridine rings is 1. The molecular weight excluding hydrogens is 573 g/mol. The van der Waals surface area contributed by atoms with E-state index in [1.54, 1.807) is 15.7 Å². The van der Waals surface area contributed by atoms with Gasteiger partial charge in [0, 0.05) is 43.7 Å². The summed E-state index contributed by atoms with van der Waals surface area (Å²) in [7, 11) is 0. The van der Waals surface area contributed by atoms with Crippen molar-refractivity contribution in [1.29, 1.82) is 0 Å². The number of amides is 1. The van der Waals surface area contributed by atoms with Gasteiger partial charge in [-0.3, -0.25) is 9.55 Å². The first-order valence-corrected chi connectivity index (χ1v) is 15.6. The third-order valence-electron chi connectivity index (χ3n) is 8.45. The summed E-state index contributed by atoms with van der Waals surface area (Å²) in [6.45, 7) is 14.9. The molecule has 2 aliphatic heterocycles. The Bertz CT molecular complexity index is 1860. The quantitative estimate of drug-likeness (QED) is 0.264. The molecule has 2 aromatic heterocycles. The number of aryl methyl sites for hydroxylation is 1. The molecule has 6 rings (SSSR count). The summed E-state index contributed by atoms with van der Waals surface area (Å²) in [5.41, 5.74) is 3.59. The second-order valence-corrected chi connectivity index (χ2v) is 13.3. The van der Waals surface area contributed by atoms with Crippen molar-refractivity contribution in [1.82, 2.24) is 19.4 Å². The Labute approximate surface area is 262 Å². The third kappa shape index (κ3) is 5.51. The van der Waals surface area contributed by atoms with Crippen molar-refractivity contribution in [3.05, 3.63) is 75.7 Å². The van der Waals surface area contributed by atoms with E-state index in [0.29, 0.717) is 66.4 Å². The van der Waals surface area contributed by atoms with Crippen LogP contribution >= 0.6 is 0 Å². The van der Waals surface area contributed by atoms with E-state index in [0.717, 1.165) is 22.4 Å². The molecule has 1 fully saturated rings. The Morgan fingerprint density at radius 3 is 2.62 bits per heavy atom. The highest BCUT2D eigenvalue weighted by molar-refractivity contribution is 6.00. The number of hydrogen-bond donors (Lipinski definition) is 0. The van der Waals surface area contributed by atoms with E-state index in [4.69, 9.17) is 9.47 Å². The molecule has 45 heavy (non-hydrogen) atoms. The van der Waals surface area contributed by atoms with E-state index < -0.39 is 17.1 Å². The first-order valence-electron chi connectivity index (χ1n) is 15.6. The van der Waals surface area contributed by atoms with Crippen molar-refractivity contribution in [2.24, 2.45) is 0 Å². The van der Waals surface area contributed by atoms with Crippen molar-refractivity contribution in [2.75, 3.05) is 31.1 Å². The van der Waals surface area contributed by atoms with Crippen LogP contribution in [0.1, 0.15) is 64.3 Å². The molecule has 1 atom stereocenters. The molecule has 0 spiro atoms. The zero-order chi connectivity index (χ0) is 32.2. The largest absolute Gasteiger partial charge is 0.490 e. The maximum Gasteiger partial charge on any atom is 0.410 e. The number of benzene rings is 2. The topological polar surface area (TPSA) is 89.8 Å². The lowest BCUT2D eigenvalue weighted by Gasteiger charge is -2.41. The highest BCUT2D eigenvalue weighted by Crippen LogP contribution is 2.45. The molecule has 0 radical (unpaired) electrons. The van der Waals surface area contributed by atoms with Gasteiger partial charge >= 0.3 is 11.8 Å². The van der Waals surface area contributed by atoms with Gasteiger partial charge in [0.05, 0.1) is 23.6 Å². The molecule has 4 aromatic rings. The summed E-state index contributed by atoms with van der Waals surface area (Å²) in [5.74, 6) is 0.224. The number of hydrogen-bond acceptors (Lipinski definition) is 7. The summed E-state index contributed by atoms with van der Waals surface area (Å²) in [4.78, 5) is 40.1. The Kier molecular flexibility index (Phi) is 7.79. The van der Waals surface area contributed by atoms with Crippen LogP contribution in [-0.4, -0.2) is 63.4 Å². The fraction of sp³-hybridized carbons (Fsp3) is 0.429. The first-order chi connectivity index (χ1) is 21.4. The third-order valence-corrected chi connectivity index (χ3v) is 8.45. The second-order valence-electron chi connectivity index (χ2n) is 13.3. The van der Waals surface area contributed by atoms with Crippen molar-refractivity contribution < 1.29 is 18.7 Å². The van der Waals surface area contributed by atoms with E-state index in [1.165, 1.54) is 6.07 Å². The number of fused-ring (bicyclic) bond motifs is 5. The highest BCUT2D eigenvalue weighted by Gasteiger charge is 2.34. The van der Waals surface area contributed by atoms with E-state index in [-0.39, 0.29) is 18.1 Å². The number of nitrogens with zero attached hydrogens (tertiary/aromatic N) is 5. The summed E-state index contributed by atoms with van der Waals surface area (Å²) in [5, 5.41) is 0.459. The molecule has 1 saturated heterocycles. The van der Waals surface area contributed by atoms with Gasteiger partial charge in [-0.15, -0.1) is 0 Å². The standard InChI is InChI=1S/C35H40FN5O4/c1-20(2)28-29(21(3)12-14-37-28)41-30-25(18-26(36)27-24-11-9-8-10-23(24)13-17-44-31(27)30)32(38-33(41)42)40-16-15-39(19-22(40)4)34(43)45-35(5,6)7/h8-12,14,18,20,22H,13,15-17,19H2,1-7H3/t22-/m0/s1. The lowest BCUT2D eigenvalue weighted by Crippen LogP contribution is -2.55. The minimum atomic E-state index is -0.618. The SMILES string of the molecule is Cc1ccnc(C(C)C)c1-n1c(=O)nc(N2CCN(C(=O)OC(C)(C)C)C[C@@H]2C)c2cc(F)c3c(c21)OCCc1ccccc1-3. The van der Waals surface area contributed by atoms with Crippen LogP contribution in [0.15, 0.2) is 47.4 Å². The van der Waals surface area contributed by atoms with E-state index in [2.05, 4.69) is 9.97 Å². The van der Waals surface area contributed by atoms with Gasteiger partial charge in [-0.05, 0) is 69.4 Å². The molecule has 4 heterocycles. The minimum absolute atomic E-state index is 0.00294. The van der Waals surface area contributed by atoms with Gasteiger partial charge in [0.25, 0.3) is 0 Å². The number of ether oxygens (including phenoxy) is 2. The number of carbonyl (C=O) groups is 1. The van der Waals surface area contributed by atoms with Crippen LogP contribution in [0.5, 0.6) is 5.75 Å². The minimum Gasteiger partial charge on any atom is -0.490 e. The number of halogens is 1. The normalized spacial score (nSPS) is 16.7. The van der Waals surface area contributed by atoms with Gasteiger partial charge < -0.3 is 19.3 Å². The molecular formula is C35H40FN5O4. The average Bonchev–Trinajstić information content (AvgIpc) is 3.17. The number of carbonyl (C=O) groups excluding carboxylic acids is 1. The molecule has 0 unspecified atom stereocenters. The van der Waals surface area contributed by atoms with E-state index in [9.17, 15) is 9.59 Å². The zero-order valence-corrected chi connectivity index (χ0v) is 27.0. The highest BCUT2D eigenvalue weighted by atomic mass is 19.1. The number of anilines is 1. The number of piperazine rings is 1. The Morgan fingerprint density at radius 1 is 1.16 bits per heavy atom. The monoisotopic (exact) mass is 613 g/mol. The molecule has 0 N–H and O–H groups in total. The van der Waals surface area contributed by atoms with Gasteiger partial charge in [-0.1, -0.05) is 38.1 Å². The Hall–Kier alpha value is -4.47. The second kappa shape index (κ2) is 11.5. The fourth-order valence-electron chi connectivity index (χ4n) is 6.42. The molecule has 10 heteroatoms. The molecule has 9 nitrogen and oxygen atoms in total. The lowest BCUT2D eigenvalue weighted by atomic mass is 9.95. The van der Waals surface area contributed by atoms with Crippen LogP contribution in [0.4, 0.5) is 15.0 Å². The van der Waals surface area contributed by atoms with Crippen molar-refractivity contribution >= 4 is 22.8 Å². The summed E-state index contributed by atoms with van der Waals surface area (Å²) in [6, 6.07) is 10.8. The molecule has 2 aliphatic rings. The summed E-state index contributed by atoms with van der Waals surface area (Å²) in [6.07, 6.45) is 1.95. The molecule has 0 aliphatic carbocycles. The maximum absolute atomic E-state index is 16.5. The average molecular weight is 614 g/mol. The zero-order valence-electron chi connectivity index (χ0n) is 27.0. The molecule has 2 aromatic carbocycles. The maximum atomic E-state index is 16.5. The summed E-state index contributed by atoms with van der Waals surface area (Å²) < 4.78 is 30.0. The number of rotatable bonds is 3. The van der Waals surface area contributed by atoms with E-state index in [1.807, 2.05) is 83.7 Å². The predicted molar refractivity (Wildman–Crippen MR) is 173 cm³/mol. The molecule has 0 bridgehead atoms. The van der Waals surface area contributed by atoms with Crippen molar-refractivity contribution in [3.8, 4) is 22.6 Å². The van der Waals surface area contributed by atoms with Gasteiger partial charge in [-0.2, -0.15) is 4.98 Å². The van der Waals surface area contributed by atoms with Crippen molar-refractivity contribution in [2.45, 2.75) is 72.4 Å². The van der Waals surface area contributed by atoms with Crippen LogP contribution < -0.4 is 15.3 Å². The first kappa shape index (κ1) is 30.6. The van der Waals surface area contributed by atoms with Gasteiger partial charge in [0.15, 0.2) is 5.75 Å². The van der Waals surface area contributed by atoms with Crippen LogP contribution in [0.2, 0.25) is 0 Å². The molecule has 1 amide bonds. The van der Waals surface area contributed by atoms with Crippen LogP contribution in [0.3, 0.4) is 0 Å².